The van der Waals surface area contributed by atoms with Gasteiger partial charge in [0.05, 0.1) is 9.93 Å². The van der Waals surface area contributed by atoms with Crippen molar-refractivity contribution in [2.45, 2.75) is 13.8 Å². The summed E-state index contributed by atoms with van der Waals surface area (Å²) in [5, 5.41) is 14.1. The van der Waals surface area contributed by atoms with Crippen LogP contribution in [0.15, 0.2) is 24.3 Å². The summed E-state index contributed by atoms with van der Waals surface area (Å²) in [4.78, 5) is 27.1. The van der Waals surface area contributed by atoms with Crippen molar-refractivity contribution in [1.82, 2.24) is 4.98 Å². The van der Waals surface area contributed by atoms with E-state index in [1.54, 1.807) is 6.07 Å². The molecular formula is C12H11N3O3S. The zero-order valence-electron chi connectivity index (χ0n) is 10.3. The summed E-state index contributed by atoms with van der Waals surface area (Å²) >= 11 is 1.44. The fourth-order valence-corrected chi connectivity index (χ4v) is 2.44. The third-order valence-electron chi connectivity index (χ3n) is 2.43. The molecule has 0 spiro atoms. The topological polar surface area (TPSA) is 85.1 Å². The molecule has 0 aliphatic heterocycles. The summed E-state index contributed by atoms with van der Waals surface area (Å²) in [6.07, 6.45) is 0. The molecule has 1 aromatic heterocycles. The molecule has 0 aliphatic carbocycles. The Morgan fingerprint density at radius 1 is 1.42 bits per heavy atom. The van der Waals surface area contributed by atoms with Gasteiger partial charge >= 0.3 is 0 Å². The number of amides is 1. The van der Waals surface area contributed by atoms with Crippen LogP contribution in [0.3, 0.4) is 0 Å². The number of thiazole rings is 1. The van der Waals surface area contributed by atoms with E-state index in [1.165, 1.54) is 29.5 Å². The molecule has 1 N–H and O–H groups in total. The predicted molar refractivity (Wildman–Crippen MR) is 72.6 cm³/mol. The molecule has 0 saturated carbocycles. The number of carbonyl (C=O) groups is 1. The Morgan fingerprint density at radius 2 is 2.16 bits per heavy atom. The summed E-state index contributed by atoms with van der Waals surface area (Å²) in [6, 6.07) is 5.80. The first-order valence-electron chi connectivity index (χ1n) is 5.47. The number of nitrogens with one attached hydrogen (secondary N) is 1. The lowest BCUT2D eigenvalue weighted by Crippen LogP contribution is -2.13. The monoisotopic (exact) mass is 277 g/mol. The number of anilines is 1. The van der Waals surface area contributed by atoms with E-state index in [0.717, 1.165) is 9.88 Å². The Balaban J connectivity index is 2.21. The van der Waals surface area contributed by atoms with Crippen LogP contribution < -0.4 is 5.32 Å². The van der Waals surface area contributed by atoms with Crippen molar-refractivity contribution in [3.63, 3.8) is 0 Å². The molecule has 7 heteroatoms. The Bertz CT molecular complexity index is 651. The number of carbonyl (C=O) groups excluding carboxylic acids is 1. The van der Waals surface area contributed by atoms with Crippen LogP contribution in [-0.4, -0.2) is 15.8 Å². The maximum absolute atomic E-state index is 12.0. The molecule has 0 aliphatic rings. The molecule has 98 valence electrons. The largest absolute Gasteiger partial charge is 0.320 e. The predicted octanol–water partition coefficient (Wildman–Crippen LogP) is 2.92. The van der Waals surface area contributed by atoms with Gasteiger partial charge in [0.15, 0.2) is 0 Å². The van der Waals surface area contributed by atoms with Crippen LogP contribution in [0.4, 0.5) is 11.4 Å². The second-order valence-corrected chi connectivity index (χ2v) is 5.31. The third-order valence-corrected chi connectivity index (χ3v) is 3.32. The van der Waals surface area contributed by atoms with Crippen molar-refractivity contribution in [3.05, 3.63) is 50.0 Å². The first-order chi connectivity index (χ1) is 8.97. The minimum atomic E-state index is -0.506. The standard InChI is InChI=1S/C12H11N3O3S/c1-7-11(13-8(2)19-7)12(16)14-9-4-3-5-10(6-9)15(17)18/h3-6H,1-2H3,(H,14,16). The fourth-order valence-electron chi connectivity index (χ4n) is 1.63. The molecule has 0 radical (unpaired) electrons. The number of benzene rings is 1. The van der Waals surface area contributed by atoms with Gasteiger partial charge in [0.2, 0.25) is 0 Å². The Hall–Kier alpha value is -2.28. The lowest BCUT2D eigenvalue weighted by molar-refractivity contribution is -0.384. The van der Waals surface area contributed by atoms with E-state index < -0.39 is 4.92 Å². The third kappa shape index (κ3) is 2.94. The van der Waals surface area contributed by atoms with Gasteiger partial charge in [-0.1, -0.05) is 6.07 Å². The van der Waals surface area contributed by atoms with Crippen molar-refractivity contribution in [2.75, 3.05) is 5.32 Å². The van der Waals surface area contributed by atoms with Gasteiger partial charge in [0, 0.05) is 22.7 Å². The highest BCUT2D eigenvalue weighted by Crippen LogP contribution is 2.20. The van der Waals surface area contributed by atoms with Crippen molar-refractivity contribution in [3.8, 4) is 0 Å². The molecule has 0 saturated heterocycles. The van der Waals surface area contributed by atoms with Crippen molar-refractivity contribution < 1.29 is 9.72 Å². The molecule has 2 rings (SSSR count). The number of nitrogens with zero attached hydrogens (tertiary/aromatic N) is 2. The van der Waals surface area contributed by atoms with Crippen LogP contribution in [0.1, 0.15) is 20.4 Å². The molecule has 0 fully saturated rings. The fraction of sp³-hybridized carbons (Fsp3) is 0.167. The van der Waals surface area contributed by atoms with Gasteiger partial charge in [-0.25, -0.2) is 4.98 Å². The Morgan fingerprint density at radius 3 is 2.74 bits per heavy atom. The van der Waals surface area contributed by atoms with E-state index in [4.69, 9.17) is 0 Å². The van der Waals surface area contributed by atoms with E-state index in [2.05, 4.69) is 10.3 Å². The molecule has 6 nitrogen and oxygen atoms in total. The molecule has 1 heterocycles. The minimum Gasteiger partial charge on any atom is -0.320 e. The van der Waals surface area contributed by atoms with Crippen LogP contribution in [0.25, 0.3) is 0 Å². The number of hydrogen-bond donors (Lipinski definition) is 1. The molecule has 1 aromatic carbocycles. The number of nitro benzene ring substituents is 1. The summed E-state index contributed by atoms with van der Waals surface area (Å²) in [6.45, 7) is 3.63. The SMILES string of the molecule is Cc1nc(C(=O)Nc2cccc([N+](=O)[O-])c2)c(C)s1. The van der Waals surface area contributed by atoms with E-state index in [9.17, 15) is 14.9 Å². The van der Waals surface area contributed by atoms with Crippen LogP contribution in [0.5, 0.6) is 0 Å². The van der Waals surface area contributed by atoms with Gasteiger partial charge in [0.25, 0.3) is 11.6 Å². The second kappa shape index (κ2) is 5.15. The van der Waals surface area contributed by atoms with Crippen LogP contribution in [0, 0.1) is 24.0 Å². The number of non-ortho nitro benzene ring substituents is 1. The lowest BCUT2D eigenvalue weighted by atomic mass is 10.2. The smallest absolute Gasteiger partial charge is 0.275 e. The van der Waals surface area contributed by atoms with Crippen molar-refractivity contribution in [2.24, 2.45) is 0 Å². The molecule has 0 unspecified atom stereocenters. The normalized spacial score (nSPS) is 10.2. The molecule has 2 aromatic rings. The lowest BCUT2D eigenvalue weighted by Gasteiger charge is -2.03. The van der Waals surface area contributed by atoms with Gasteiger partial charge in [-0.05, 0) is 19.9 Å². The first kappa shape index (κ1) is 13.2. The summed E-state index contributed by atoms with van der Waals surface area (Å²) in [5.41, 5.74) is 0.669. The summed E-state index contributed by atoms with van der Waals surface area (Å²) in [5.74, 6) is -0.359. The van der Waals surface area contributed by atoms with E-state index in [1.807, 2.05) is 13.8 Å². The van der Waals surface area contributed by atoms with E-state index >= 15 is 0 Å². The molecule has 0 bridgehead atoms. The van der Waals surface area contributed by atoms with Crippen LogP contribution >= 0.6 is 11.3 Å². The zero-order chi connectivity index (χ0) is 14.0. The average molecular weight is 277 g/mol. The van der Waals surface area contributed by atoms with Crippen LogP contribution in [-0.2, 0) is 0 Å². The van der Waals surface area contributed by atoms with Gasteiger partial charge in [0.1, 0.15) is 5.69 Å². The summed E-state index contributed by atoms with van der Waals surface area (Å²) in [7, 11) is 0. The molecule has 1 amide bonds. The average Bonchev–Trinajstić information content (AvgIpc) is 2.69. The highest BCUT2D eigenvalue weighted by atomic mass is 32.1. The molecule has 19 heavy (non-hydrogen) atoms. The summed E-state index contributed by atoms with van der Waals surface area (Å²) < 4.78 is 0. The van der Waals surface area contributed by atoms with Gasteiger partial charge in [-0.15, -0.1) is 11.3 Å². The zero-order valence-corrected chi connectivity index (χ0v) is 11.2. The van der Waals surface area contributed by atoms with Crippen LogP contribution in [0.2, 0.25) is 0 Å². The van der Waals surface area contributed by atoms with E-state index in [-0.39, 0.29) is 11.6 Å². The number of aromatic nitrogens is 1. The van der Waals surface area contributed by atoms with Gasteiger partial charge < -0.3 is 5.32 Å². The number of rotatable bonds is 3. The first-order valence-corrected chi connectivity index (χ1v) is 6.29. The maximum Gasteiger partial charge on any atom is 0.275 e. The van der Waals surface area contributed by atoms with Gasteiger partial charge in [-0.2, -0.15) is 0 Å². The van der Waals surface area contributed by atoms with Crippen molar-refractivity contribution >= 4 is 28.6 Å². The van der Waals surface area contributed by atoms with Crippen molar-refractivity contribution in [1.29, 1.82) is 0 Å². The molecule has 0 atom stereocenters. The minimum absolute atomic E-state index is 0.0658. The molecular weight excluding hydrogens is 266 g/mol. The number of nitro groups is 1. The number of hydrogen-bond acceptors (Lipinski definition) is 5. The Kier molecular flexibility index (Phi) is 3.57. The maximum atomic E-state index is 12.0. The number of aryl methyl sites for hydroxylation is 2. The van der Waals surface area contributed by atoms with Gasteiger partial charge in [-0.3, -0.25) is 14.9 Å². The second-order valence-electron chi connectivity index (χ2n) is 3.90. The highest BCUT2D eigenvalue weighted by molar-refractivity contribution is 7.11. The van der Waals surface area contributed by atoms with E-state index in [0.29, 0.717) is 11.4 Å². The highest BCUT2D eigenvalue weighted by Gasteiger charge is 2.15. The quantitative estimate of drug-likeness (QED) is 0.690. The Labute approximate surface area is 113 Å².